The van der Waals surface area contributed by atoms with E-state index in [2.05, 4.69) is 68.8 Å². The van der Waals surface area contributed by atoms with Crippen LogP contribution in [0.1, 0.15) is 32.0 Å². The first-order chi connectivity index (χ1) is 9.29. The van der Waals surface area contributed by atoms with Gasteiger partial charge in [-0.2, -0.15) is 0 Å². The Bertz CT molecular complexity index is 593. The first-order valence-corrected chi connectivity index (χ1v) is 7.27. The molecule has 0 bridgehead atoms. The molecular weight excluding hydrogens is 248 g/mol. The van der Waals surface area contributed by atoms with Gasteiger partial charge in [0, 0.05) is 28.7 Å². The smallest absolute Gasteiger partial charge is 0.0843 e. The van der Waals surface area contributed by atoms with Crippen molar-refractivity contribution in [2.75, 3.05) is 6.54 Å². The van der Waals surface area contributed by atoms with Crippen molar-refractivity contribution in [1.82, 2.24) is 9.88 Å². The van der Waals surface area contributed by atoms with Gasteiger partial charge in [-0.1, -0.05) is 18.2 Å². The van der Waals surface area contributed by atoms with E-state index in [1.54, 1.807) is 0 Å². The van der Waals surface area contributed by atoms with Crippen molar-refractivity contribution < 1.29 is 5.11 Å². The Morgan fingerprint density at radius 2 is 1.85 bits per heavy atom. The van der Waals surface area contributed by atoms with Crippen LogP contribution in [-0.2, 0) is 6.54 Å². The summed E-state index contributed by atoms with van der Waals surface area (Å²) in [5.41, 5.74) is 3.78. The Balaban J connectivity index is 2.19. The van der Waals surface area contributed by atoms with Crippen molar-refractivity contribution in [3.63, 3.8) is 0 Å². The molecule has 1 atom stereocenters. The van der Waals surface area contributed by atoms with Crippen LogP contribution in [0.3, 0.4) is 0 Å². The monoisotopic (exact) mass is 274 g/mol. The summed E-state index contributed by atoms with van der Waals surface area (Å²) in [6.45, 7) is 11.8. The van der Waals surface area contributed by atoms with Crippen LogP contribution in [0.25, 0.3) is 10.9 Å². The van der Waals surface area contributed by atoms with Gasteiger partial charge >= 0.3 is 0 Å². The van der Waals surface area contributed by atoms with Gasteiger partial charge in [0.05, 0.1) is 12.6 Å². The summed E-state index contributed by atoms with van der Waals surface area (Å²) in [6.07, 6.45) is -0.386. The van der Waals surface area contributed by atoms with E-state index in [1.807, 2.05) is 0 Å². The first-order valence-electron chi connectivity index (χ1n) is 7.27. The summed E-state index contributed by atoms with van der Waals surface area (Å²) in [6, 6.07) is 8.39. The molecule has 0 saturated carbocycles. The molecule has 1 heterocycles. The summed E-state index contributed by atoms with van der Waals surface area (Å²) >= 11 is 0. The van der Waals surface area contributed by atoms with Crippen molar-refractivity contribution in [3.8, 4) is 0 Å². The molecule has 1 aromatic heterocycles. The van der Waals surface area contributed by atoms with E-state index in [1.165, 1.54) is 22.2 Å². The molecule has 0 aliphatic carbocycles. The molecule has 0 amide bonds. The number of fused-ring (bicyclic) bond motifs is 1. The molecule has 2 aromatic rings. The topological polar surface area (TPSA) is 37.2 Å². The zero-order valence-corrected chi connectivity index (χ0v) is 13.2. The van der Waals surface area contributed by atoms with Gasteiger partial charge in [0.15, 0.2) is 0 Å². The Kier molecular flexibility index (Phi) is 4.21. The largest absolute Gasteiger partial charge is 0.390 e. The van der Waals surface area contributed by atoms with Crippen LogP contribution in [0.5, 0.6) is 0 Å². The Hall–Kier alpha value is -1.32. The van der Waals surface area contributed by atoms with E-state index in [9.17, 15) is 5.11 Å². The third-order valence-electron chi connectivity index (χ3n) is 3.81. The van der Waals surface area contributed by atoms with E-state index in [-0.39, 0.29) is 11.6 Å². The molecule has 0 fully saturated rings. The fourth-order valence-corrected chi connectivity index (χ4v) is 2.54. The lowest BCUT2D eigenvalue weighted by atomic mass is 10.1. The molecule has 0 spiro atoms. The number of aliphatic hydroxyl groups is 1. The maximum atomic E-state index is 10.3. The normalized spacial score (nSPS) is 13.9. The third kappa shape index (κ3) is 3.22. The van der Waals surface area contributed by atoms with Gasteiger partial charge < -0.3 is 15.0 Å². The maximum Gasteiger partial charge on any atom is 0.0843 e. The van der Waals surface area contributed by atoms with E-state index in [4.69, 9.17) is 0 Å². The second kappa shape index (κ2) is 5.58. The van der Waals surface area contributed by atoms with Crippen molar-refractivity contribution >= 4 is 10.9 Å². The highest BCUT2D eigenvalue weighted by atomic mass is 16.3. The minimum atomic E-state index is -0.386. The quantitative estimate of drug-likeness (QED) is 0.899. The number of β-amino-alcohol motifs (C(OH)–C–C–N with tert-alkyl or cyclic N) is 1. The third-order valence-corrected chi connectivity index (χ3v) is 3.81. The number of para-hydroxylation sites is 1. The number of hydrogen-bond donors (Lipinski definition) is 2. The number of aryl methyl sites for hydroxylation is 1. The molecule has 0 unspecified atom stereocenters. The van der Waals surface area contributed by atoms with E-state index >= 15 is 0 Å². The second-order valence-electron chi connectivity index (χ2n) is 6.62. The minimum absolute atomic E-state index is 0.0324. The minimum Gasteiger partial charge on any atom is -0.390 e. The molecule has 2 N–H and O–H groups in total. The lowest BCUT2D eigenvalue weighted by Crippen LogP contribution is -2.42. The number of hydrogen-bond acceptors (Lipinski definition) is 2. The van der Waals surface area contributed by atoms with Crippen LogP contribution in [0.15, 0.2) is 24.3 Å². The number of aliphatic hydroxyl groups excluding tert-OH is 1. The standard InChI is InChI=1S/C17H26N2O/c1-12-13(2)19(16-9-7-6-8-15(12)16)11-14(20)10-18-17(3,4)5/h6-9,14,18,20H,10-11H2,1-5H3/t14-/m1/s1. The zero-order valence-electron chi connectivity index (χ0n) is 13.2. The van der Waals surface area contributed by atoms with Crippen LogP contribution >= 0.6 is 0 Å². The molecule has 2 rings (SSSR count). The zero-order chi connectivity index (χ0) is 14.9. The van der Waals surface area contributed by atoms with E-state index in [0.717, 1.165) is 0 Å². The molecule has 110 valence electrons. The van der Waals surface area contributed by atoms with Crippen molar-refractivity contribution in [1.29, 1.82) is 0 Å². The molecule has 3 nitrogen and oxygen atoms in total. The molecule has 0 aliphatic heterocycles. The molecule has 0 aliphatic rings. The van der Waals surface area contributed by atoms with Crippen molar-refractivity contribution in [3.05, 3.63) is 35.5 Å². The number of aromatic nitrogens is 1. The molecule has 20 heavy (non-hydrogen) atoms. The van der Waals surface area contributed by atoms with Gasteiger partial charge in [-0.25, -0.2) is 0 Å². The summed E-state index contributed by atoms with van der Waals surface area (Å²) in [5, 5.41) is 14.9. The maximum absolute atomic E-state index is 10.3. The highest BCUT2D eigenvalue weighted by molar-refractivity contribution is 5.85. The molecule has 0 radical (unpaired) electrons. The highest BCUT2D eigenvalue weighted by Crippen LogP contribution is 2.25. The summed E-state index contributed by atoms with van der Waals surface area (Å²) < 4.78 is 2.22. The van der Waals surface area contributed by atoms with Crippen LogP contribution in [0.4, 0.5) is 0 Å². The lowest BCUT2D eigenvalue weighted by molar-refractivity contribution is 0.142. The van der Waals surface area contributed by atoms with Gasteiger partial charge in [0.2, 0.25) is 0 Å². The predicted molar refractivity (Wildman–Crippen MR) is 85.2 cm³/mol. The van der Waals surface area contributed by atoms with Gasteiger partial charge in [0.1, 0.15) is 0 Å². The Labute approximate surface area is 121 Å². The molecular formula is C17H26N2O. The average molecular weight is 274 g/mol. The number of nitrogens with zero attached hydrogens (tertiary/aromatic N) is 1. The summed E-state index contributed by atoms with van der Waals surface area (Å²) in [4.78, 5) is 0. The van der Waals surface area contributed by atoms with Crippen molar-refractivity contribution in [2.24, 2.45) is 0 Å². The number of benzene rings is 1. The average Bonchev–Trinajstić information content (AvgIpc) is 2.62. The van der Waals surface area contributed by atoms with Crippen LogP contribution in [0.2, 0.25) is 0 Å². The fourth-order valence-electron chi connectivity index (χ4n) is 2.54. The van der Waals surface area contributed by atoms with Gasteiger partial charge in [0.25, 0.3) is 0 Å². The van der Waals surface area contributed by atoms with Crippen LogP contribution in [-0.4, -0.2) is 27.9 Å². The van der Waals surface area contributed by atoms with Crippen LogP contribution in [0, 0.1) is 13.8 Å². The highest BCUT2D eigenvalue weighted by Gasteiger charge is 2.16. The SMILES string of the molecule is Cc1c(C)n(C[C@H](O)CNC(C)(C)C)c2ccccc12. The number of rotatable bonds is 4. The second-order valence-corrected chi connectivity index (χ2v) is 6.62. The fraction of sp³-hybridized carbons (Fsp3) is 0.529. The first kappa shape index (κ1) is 15.1. The Morgan fingerprint density at radius 1 is 1.20 bits per heavy atom. The predicted octanol–water partition coefficient (Wildman–Crippen LogP) is 3.01. The van der Waals surface area contributed by atoms with E-state index in [0.29, 0.717) is 13.1 Å². The van der Waals surface area contributed by atoms with Gasteiger partial charge in [-0.15, -0.1) is 0 Å². The van der Waals surface area contributed by atoms with Gasteiger partial charge in [-0.05, 0) is 46.2 Å². The lowest BCUT2D eigenvalue weighted by Gasteiger charge is -2.23. The molecule has 3 heteroatoms. The van der Waals surface area contributed by atoms with Crippen LogP contribution < -0.4 is 5.32 Å². The molecule has 1 aromatic carbocycles. The molecule has 0 saturated heterocycles. The summed E-state index contributed by atoms with van der Waals surface area (Å²) in [7, 11) is 0. The van der Waals surface area contributed by atoms with E-state index < -0.39 is 0 Å². The number of nitrogens with one attached hydrogen (secondary N) is 1. The van der Waals surface area contributed by atoms with Gasteiger partial charge in [-0.3, -0.25) is 0 Å². The summed E-state index contributed by atoms with van der Waals surface area (Å²) in [5.74, 6) is 0. The Morgan fingerprint density at radius 3 is 2.50 bits per heavy atom. The van der Waals surface area contributed by atoms with Crippen molar-refractivity contribution in [2.45, 2.75) is 52.8 Å².